The lowest BCUT2D eigenvalue weighted by Gasteiger charge is -2.30. The summed E-state index contributed by atoms with van der Waals surface area (Å²) in [5, 5.41) is 3.85. The zero-order chi connectivity index (χ0) is 23.0. The molecule has 0 saturated heterocycles. The van der Waals surface area contributed by atoms with Gasteiger partial charge in [0.05, 0.1) is 4.90 Å². The van der Waals surface area contributed by atoms with Crippen LogP contribution in [0.25, 0.3) is 10.9 Å². The van der Waals surface area contributed by atoms with E-state index < -0.39 is 22.0 Å². The number of aromatic nitrogens is 1. The highest BCUT2D eigenvalue weighted by Crippen LogP contribution is 2.27. The van der Waals surface area contributed by atoms with Crippen molar-refractivity contribution in [1.82, 2.24) is 19.5 Å². The maximum atomic E-state index is 13.0. The molecule has 2 heterocycles. The topological polar surface area (TPSA) is 103 Å². The summed E-state index contributed by atoms with van der Waals surface area (Å²) < 4.78 is 25.5. The number of para-hydroxylation sites is 1. The Morgan fingerprint density at radius 2 is 1.78 bits per heavy atom. The monoisotopic (exact) mass is 454 g/mol. The van der Waals surface area contributed by atoms with Gasteiger partial charge in [0, 0.05) is 61.3 Å². The Balaban J connectivity index is 1.43. The predicted molar refractivity (Wildman–Crippen MR) is 122 cm³/mol. The van der Waals surface area contributed by atoms with Crippen LogP contribution in [0.1, 0.15) is 28.5 Å². The number of nitrogens with one attached hydrogen (secondary N) is 2. The van der Waals surface area contributed by atoms with Gasteiger partial charge in [-0.2, -0.15) is 0 Å². The number of carbonyl (C=O) groups is 2. The average molecular weight is 455 g/mol. The predicted octanol–water partition coefficient (Wildman–Crippen LogP) is 2.12. The molecule has 32 heavy (non-hydrogen) atoms. The van der Waals surface area contributed by atoms with E-state index in [1.165, 1.54) is 38.4 Å². The third-order valence-electron chi connectivity index (χ3n) is 5.81. The molecule has 0 aliphatic carbocycles. The molecule has 9 heteroatoms. The lowest BCUT2D eigenvalue weighted by atomic mass is 10.0. The highest BCUT2D eigenvalue weighted by atomic mass is 32.2. The van der Waals surface area contributed by atoms with E-state index in [0.717, 1.165) is 32.9 Å². The number of hydrogen-bond donors (Lipinski definition) is 2. The Labute approximate surface area is 187 Å². The number of sulfonamides is 1. The molecule has 168 valence electrons. The minimum absolute atomic E-state index is 0.103. The second-order valence-electron chi connectivity index (χ2n) is 8.14. The van der Waals surface area contributed by atoms with Crippen LogP contribution in [0.4, 0.5) is 0 Å². The fourth-order valence-electron chi connectivity index (χ4n) is 3.96. The van der Waals surface area contributed by atoms with Crippen molar-refractivity contribution in [2.75, 3.05) is 20.6 Å². The van der Waals surface area contributed by atoms with E-state index in [1.807, 2.05) is 24.3 Å². The molecule has 0 bridgehead atoms. The molecule has 2 amide bonds. The number of amides is 2. The highest BCUT2D eigenvalue weighted by molar-refractivity contribution is 7.89. The van der Waals surface area contributed by atoms with Crippen LogP contribution in [0.3, 0.4) is 0 Å². The van der Waals surface area contributed by atoms with Crippen molar-refractivity contribution in [2.24, 2.45) is 0 Å². The normalized spacial score (nSPS) is 14.9. The lowest BCUT2D eigenvalue weighted by Crippen LogP contribution is -2.48. The average Bonchev–Trinajstić information content (AvgIpc) is 3.16. The Morgan fingerprint density at radius 1 is 1.09 bits per heavy atom. The van der Waals surface area contributed by atoms with Gasteiger partial charge in [-0.05, 0) is 37.3 Å². The van der Waals surface area contributed by atoms with Crippen LogP contribution in [-0.4, -0.2) is 61.1 Å². The molecule has 0 radical (unpaired) electrons. The van der Waals surface area contributed by atoms with E-state index in [2.05, 4.69) is 10.3 Å². The van der Waals surface area contributed by atoms with Crippen molar-refractivity contribution in [1.29, 1.82) is 0 Å². The van der Waals surface area contributed by atoms with Crippen molar-refractivity contribution in [3.8, 4) is 0 Å². The Kier molecular flexibility index (Phi) is 5.79. The molecular weight excluding hydrogens is 428 g/mol. The summed E-state index contributed by atoms with van der Waals surface area (Å²) in [6, 6.07) is 13.0. The van der Waals surface area contributed by atoms with Crippen LogP contribution in [-0.2, 0) is 27.8 Å². The van der Waals surface area contributed by atoms with E-state index in [-0.39, 0.29) is 10.8 Å². The van der Waals surface area contributed by atoms with Crippen molar-refractivity contribution >= 4 is 32.7 Å². The number of H-pyrrole nitrogens is 1. The molecule has 0 unspecified atom stereocenters. The van der Waals surface area contributed by atoms with Gasteiger partial charge in [-0.25, -0.2) is 12.7 Å². The van der Waals surface area contributed by atoms with Crippen LogP contribution < -0.4 is 5.32 Å². The summed E-state index contributed by atoms with van der Waals surface area (Å²) in [4.78, 5) is 30.9. The van der Waals surface area contributed by atoms with E-state index in [0.29, 0.717) is 18.7 Å². The standard InChI is InChI=1S/C23H26N4O4S/c1-15(24-22(28)16-8-10-17(11-9-16)32(30,31)26(2)3)23(29)27-13-12-21-19(14-27)18-6-4-5-7-20(18)25-21/h4-11,15,25H,12-14H2,1-3H3,(H,24,28)/t15-/m0/s1. The molecule has 1 aliphatic heterocycles. The highest BCUT2D eigenvalue weighted by Gasteiger charge is 2.28. The van der Waals surface area contributed by atoms with E-state index in [4.69, 9.17) is 0 Å². The summed E-state index contributed by atoms with van der Waals surface area (Å²) in [5.41, 5.74) is 3.63. The maximum absolute atomic E-state index is 13.0. The van der Waals surface area contributed by atoms with Crippen molar-refractivity contribution in [3.63, 3.8) is 0 Å². The van der Waals surface area contributed by atoms with Crippen LogP contribution in [0, 0.1) is 0 Å². The first-order chi connectivity index (χ1) is 15.2. The zero-order valence-electron chi connectivity index (χ0n) is 18.3. The molecule has 1 atom stereocenters. The third kappa shape index (κ3) is 4.01. The van der Waals surface area contributed by atoms with Gasteiger partial charge in [0.25, 0.3) is 5.91 Å². The molecule has 0 fully saturated rings. The van der Waals surface area contributed by atoms with Crippen LogP contribution in [0.15, 0.2) is 53.4 Å². The van der Waals surface area contributed by atoms with Crippen molar-refractivity contribution < 1.29 is 18.0 Å². The quantitative estimate of drug-likeness (QED) is 0.616. The number of hydrogen-bond acceptors (Lipinski definition) is 4. The summed E-state index contributed by atoms with van der Waals surface area (Å²) in [6.07, 6.45) is 0.734. The minimum atomic E-state index is -3.57. The van der Waals surface area contributed by atoms with Gasteiger partial charge in [0.15, 0.2) is 0 Å². The fraction of sp³-hybridized carbons (Fsp3) is 0.304. The van der Waals surface area contributed by atoms with E-state index >= 15 is 0 Å². The molecule has 0 saturated carbocycles. The molecule has 1 aliphatic rings. The van der Waals surface area contributed by atoms with E-state index in [9.17, 15) is 18.0 Å². The summed E-state index contributed by atoms with van der Waals surface area (Å²) >= 11 is 0. The van der Waals surface area contributed by atoms with Gasteiger partial charge in [-0.3, -0.25) is 9.59 Å². The molecule has 2 aromatic carbocycles. The maximum Gasteiger partial charge on any atom is 0.251 e. The SMILES string of the molecule is C[C@H](NC(=O)c1ccc(S(=O)(=O)N(C)C)cc1)C(=O)N1CCc2[nH]c3ccccc3c2C1. The smallest absolute Gasteiger partial charge is 0.251 e. The number of aromatic amines is 1. The summed E-state index contributed by atoms with van der Waals surface area (Å²) in [6.45, 7) is 2.74. The van der Waals surface area contributed by atoms with Gasteiger partial charge in [0.1, 0.15) is 6.04 Å². The molecular formula is C23H26N4O4S. The molecule has 0 spiro atoms. The largest absolute Gasteiger partial charge is 0.358 e. The van der Waals surface area contributed by atoms with Crippen LogP contribution in [0.2, 0.25) is 0 Å². The number of fused-ring (bicyclic) bond motifs is 3. The Morgan fingerprint density at radius 3 is 2.47 bits per heavy atom. The second kappa shape index (κ2) is 8.40. The molecule has 3 aromatic rings. The number of nitrogens with zero attached hydrogens (tertiary/aromatic N) is 2. The summed E-state index contributed by atoms with van der Waals surface area (Å²) in [5.74, 6) is -0.578. The number of benzene rings is 2. The van der Waals surface area contributed by atoms with Gasteiger partial charge >= 0.3 is 0 Å². The molecule has 1 aromatic heterocycles. The second-order valence-corrected chi connectivity index (χ2v) is 10.3. The van der Waals surface area contributed by atoms with Gasteiger partial charge < -0.3 is 15.2 Å². The number of rotatable bonds is 5. The first-order valence-electron chi connectivity index (χ1n) is 10.4. The molecule has 8 nitrogen and oxygen atoms in total. The number of carbonyl (C=O) groups excluding carboxylic acids is 2. The summed E-state index contributed by atoms with van der Waals surface area (Å²) in [7, 11) is -0.672. The molecule has 2 N–H and O–H groups in total. The lowest BCUT2D eigenvalue weighted by molar-refractivity contribution is -0.133. The minimum Gasteiger partial charge on any atom is -0.358 e. The van der Waals surface area contributed by atoms with Crippen molar-refractivity contribution in [2.45, 2.75) is 30.8 Å². The molecule has 4 rings (SSSR count). The first kappa shape index (κ1) is 22.0. The van der Waals surface area contributed by atoms with Crippen molar-refractivity contribution in [3.05, 3.63) is 65.4 Å². The Hall–Kier alpha value is -3.17. The fourth-order valence-corrected chi connectivity index (χ4v) is 4.86. The zero-order valence-corrected chi connectivity index (χ0v) is 19.1. The Bertz CT molecular complexity index is 1280. The van der Waals surface area contributed by atoms with Gasteiger partial charge in [0.2, 0.25) is 15.9 Å². The van der Waals surface area contributed by atoms with Gasteiger partial charge in [-0.15, -0.1) is 0 Å². The van der Waals surface area contributed by atoms with Crippen LogP contribution >= 0.6 is 0 Å². The van der Waals surface area contributed by atoms with Crippen LogP contribution in [0.5, 0.6) is 0 Å². The van der Waals surface area contributed by atoms with E-state index in [1.54, 1.807) is 11.8 Å². The first-order valence-corrected chi connectivity index (χ1v) is 11.8. The van der Waals surface area contributed by atoms with Gasteiger partial charge in [-0.1, -0.05) is 18.2 Å². The third-order valence-corrected chi connectivity index (χ3v) is 7.64.